The minimum Gasteiger partial charge on any atom is -0.480 e. The SMILES string of the molecule is CC(C)[C@H](N)C(=O)N(C)[C@](C)(C(=O)N(C)[C@H](C(=O)N1CCC[C@H]1C(=O)N1CCC[C@H]1C(=O)O)C(C)C)C(C)C. The first-order chi connectivity index (χ1) is 18.0. The van der Waals surface area contributed by atoms with Gasteiger partial charge in [0.1, 0.15) is 23.7 Å². The molecule has 0 aliphatic carbocycles. The summed E-state index contributed by atoms with van der Waals surface area (Å²) in [5.74, 6) is -3.14. The molecule has 2 rings (SSSR count). The van der Waals surface area contributed by atoms with Gasteiger partial charge in [0.05, 0.1) is 6.04 Å². The second kappa shape index (κ2) is 12.7. The quantitative estimate of drug-likeness (QED) is 0.417. The standard InChI is InChI=1S/C28H49N5O6/c1-16(2)21(29)24(35)31(9)28(7,18(5)6)27(39)30(8)22(17(3)4)25(36)32-14-10-12-19(32)23(34)33-15-11-13-20(33)26(37)38/h16-22H,10-15,29H2,1-9H3,(H,37,38)/t19-,20-,21-,22-,28-/m0/s1. The summed E-state index contributed by atoms with van der Waals surface area (Å²) < 4.78 is 0. The Morgan fingerprint density at radius 2 is 1.38 bits per heavy atom. The molecule has 11 nitrogen and oxygen atoms in total. The predicted molar refractivity (Wildman–Crippen MR) is 147 cm³/mol. The van der Waals surface area contributed by atoms with E-state index < -0.39 is 35.7 Å². The molecule has 0 aromatic rings. The van der Waals surface area contributed by atoms with Gasteiger partial charge in [-0.05, 0) is 50.4 Å². The third-order valence-electron chi connectivity index (χ3n) is 8.85. The lowest BCUT2D eigenvalue weighted by atomic mass is 9.83. The maximum absolute atomic E-state index is 14.1. The van der Waals surface area contributed by atoms with Crippen molar-refractivity contribution in [1.29, 1.82) is 0 Å². The molecule has 3 N–H and O–H groups in total. The lowest BCUT2D eigenvalue weighted by Gasteiger charge is -2.46. The smallest absolute Gasteiger partial charge is 0.326 e. The number of carbonyl (C=O) groups excluding carboxylic acids is 4. The van der Waals surface area contributed by atoms with Crippen molar-refractivity contribution in [1.82, 2.24) is 19.6 Å². The maximum Gasteiger partial charge on any atom is 0.326 e. The molecule has 0 radical (unpaired) electrons. The minimum absolute atomic E-state index is 0.116. The molecule has 2 heterocycles. The molecule has 39 heavy (non-hydrogen) atoms. The average Bonchev–Trinajstić information content (AvgIpc) is 3.55. The normalized spacial score (nSPS) is 22.7. The number of nitrogens with zero attached hydrogens (tertiary/aromatic N) is 4. The molecule has 222 valence electrons. The predicted octanol–water partition coefficient (Wildman–Crippen LogP) is 1.39. The molecule has 0 spiro atoms. The minimum atomic E-state index is -1.27. The Labute approximate surface area is 233 Å². The summed E-state index contributed by atoms with van der Waals surface area (Å²) in [7, 11) is 3.15. The van der Waals surface area contributed by atoms with Crippen molar-refractivity contribution in [3.8, 4) is 0 Å². The second-order valence-electron chi connectivity index (χ2n) is 12.3. The summed E-state index contributed by atoms with van der Waals surface area (Å²) in [6.45, 7) is 13.5. The third kappa shape index (κ3) is 6.23. The first-order valence-electron chi connectivity index (χ1n) is 14.1. The number of amides is 4. The number of rotatable bonds is 10. The number of likely N-dealkylation sites (tertiary alicyclic amines) is 2. The topological polar surface area (TPSA) is 145 Å². The lowest BCUT2D eigenvalue weighted by molar-refractivity contribution is -0.161. The van der Waals surface area contributed by atoms with Crippen molar-refractivity contribution < 1.29 is 29.1 Å². The summed E-state index contributed by atoms with van der Waals surface area (Å²) in [6.07, 6.45) is 2.07. The zero-order valence-electron chi connectivity index (χ0n) is 25.1. The van der Waals surface area contributed by atoms with E-state index in [0.717, 1.165) is 0 Å². The van der Waals surface area contributed by atoms with E-state index >= 15 is 0 Å². The van der Waals surface area contributed by atoms with Gasteiger partial charge in [-0.2, -0.15) is 0 Å². The summed E-state index contributed by atoms with van der Waals surface area (Å²) in [5, 5.41) is 9.56. The number of hydrogen-bond donors (Lipinski definition) is 2. The molecular weight excluding hydrogens is 502 g/mol. The van der Waals surface area contributed by atoms with Crippen molar-refractivity contribution in [2.45, 2.75) is 104 Å². The highest BCUT2D eigenvalue weighted by atomic mass is 16.4. The van der Waals surface area contributed by atoms with Crippen LogP contribution in [-0.2, 0) is 24.0 Å². The van der Waals surface area contributed by atoms with Gasteiger partial charge in [-0.1, -0.05) is 41.5 Å². The van der Waals surface area contributed by atoms with E-state index in [1.54, 1.807) is 21.0 Å². The van der Waals surface area contributed by atoms with Gasteiger partial charge < -0.3 is 30.4 Å². The van der Waals surface area contributed by atoms with Crippen LogP contribution in [-0.4, -0.2) is 111 Å². The lowest BCUT2D eigenvalue weighted by Crippen LogP contribution is -2.66. The van der Waals surface area contributed by atoms with Crippen LogP contribution in [0.5, 0.6) is 0 Å². The number of carboxylic acids is 1. The Morgan fingerprint density at radius 3 is 1.85 bits per heavy atom. The molecule has 2 fully saturated rings. The first-order valence-corrected chi connectivity index (χ1v) is 14.1. The molecule has 4 amide bonds. The summed E-state index contributed by atoms with van der Waals surface area (Å²) >= 11 is 0. The van der Waals surface area contributed by atoms with Crippen LogP contribution in [0.3, 0.4) is 0 Å². The molecule has 5 atom stereocenters. The fourth-order valence-corrected chi connectivity index (χ4v) is 5.83. The van der Waals surface area contributed by atoms with Gasteiger partial charge in [0.15, 0.2) is 0 Å². The molecule has 2 saturated heterocycles. The van der Waals surface area contributed by atoms with Gasteiger partial charge in [0, 0.05) is 27.2 Å². The van der Waals surface area contributed by atoms with Gasteiger partial charge in [-0.3, -0.25) is 19.2 Å². The zero-order chi connectivity index (χ0) is 30.0. The second-order valence-corrected chi connectivity index (χ2v) is 12.3. The molecular formula is C28H49N5O6. The van der Waals surface area contributed by atoms with Crippen LogP contribution in [0, 0.1) is 17.8 Å². The molecule has 0 aromatic carbocycles. The summed E-state index contributed by atoms with van der Waals surface area (Å²) in [4.78, 5) is 72.2. The van der Waals surface area contributed by atoms with Crippen molar-refractivity contribution in [3.05, 3.63) is 0 Å². The van der Waals surface area contributed by atoms with E-state index in [-0.39, 0.29) is 41.4 Å². The van der Waals surface area contributed by atoms with Crippen LogP contribution in [0.15, 0.2) is 0 Å². The fraction of sp³-hybridized carbons (Fsp3) is 0.821. The molecule has 0 bridgehead atoms. The summed E-state index contributed by atoms with van der Waals surface area (Å²) in [5.41, 5.74) is 4.88. The maximum atomic E-state index is 14.1. The Bertz CT molecular complexity index is 953. The van der Waals surface area contributed by atoms with E-state index in [1.807, 2.05) is 41.5 Å². The van der Waals surface area contributed by atoms with E-state index in [9.17, 15) is 29.1 Å². The van der Waals surface area contributed by atoms with E-state index in [4.69, 9.17) is 5.73 Å². The number of nitrogens with two attached hydrogens (primary N) is 1. The number of carboxylic acid groups (broad SMARTS) is 1. The van der Waals surface area contributed by atoms with Crippen LogP contribution in [0.2, 0.25) is 0 Å². The number of carbonyl (C=O) groups is 5. The van der Waals surface area contributed by atoms with Crippen molar-refractivity contribution in [3.63, 3.8) is 0 Å². The largest absolute Gasteiger partial charge is 0.480 e. The van der Waals surface area contributed by atoms with E-state index in [1.165, 1.54) is 19.6 Å². The Kier molecular flexibility index (Phi) is 10.6. The Balaban J connectivity index is 2.36. The zero-order valence-corrected chi connectivity index (χ0v) is 25.1. The van der Waals surface area contributed by atoms with Crippen molar-refractivity contribution in [2.75, 3.05) is 27.2 Å². The highest BCUT2D eigenvalue weighted by molar-refractivity contribution is 5.97. The van der Waals surface area contributed by atoms with Crippen molar-refractivity contribution in [2.24, 2.45) is 23.5 Å². The Morgan fingerprint density at radius 1 is 0.872 bits per heavy atom. The van der Waals surface area contributed by atoms with Gasteiger partial charge in [-0.25, -0.2) is 4.79 Å². The van der Waals surface area contributed by atoms with Gasteiger partial charge in [-0.15, -0.1) is 0 Å². The van der Waals surface area contributed by atoms with Gasteiger partial charge in [0.25, 0.3) is 0 Å². The van der Waals surface area contributed by atoms with E-state index in [0.29, 0.717) is 38.8 Å². The third-order valence-corrected chi connectivity index (χ3v) is 8.85. The van der Waals surface area contributed by atoms with Crippen LogP contribution in [0.25, 0.3) is 0 Å². The summed E-state index contributed by atoms with van der Waals surface area (Å²) in [6, 6.07) is -3.28. The van der Waals surface area contributed by atoms with Gasteiger partial charge >= 0.3 is 5.97 Å². The Hall–Kier alpha value is -2.69. The number of likely N-dealkylation sites (N-methyl/N-ethyl adjacent to an activating group) is 2. The van der Waals surface area contributed by atoms with Crippen LogP contribution < -0.4 is 5.73 Å². The fourth-order valence-electron chi connectivity index (χ4n) is 5.83. The molecule has 0 unspecified atom stereocenters. The molecule has 11 heteroatoms. The molecule has 0 saturated carbocycles. The average molecular weight is 552 g/mol. The van der Waals surface area contributed by atoms with Crippen LogP contribution >= 0.6 is 0 Å². The van der Waals surface area contributed by atoms with Crippen molar-refractivity contribution >= 4 is 29.6 Å². The molecule has 2 aliphatic heterocycles. The van der Waals surface area contributed by atoms with E-state index in [2.05, 4.69) is 0 Å². The van der Waals surface area contributed by atoms with Crippen LogP contribution in [0.1, 0.15) is 74.1 Å². The highest BCUT2D eigenvalue weighted by Crippen LogP contribution is 2.31. The number of aliphatic carboxylic acids is 1. The van der Waals surface area contributed by atoms with Gasteiger partial charge in [0.2, 0.25) is 23.6 Å². The highest BCUT2D eigenvalue weighted by Gasteiger charge is 2.50. The van der Waals surface area contributed by atoms with Crippen LogP contribution in [0.4, 0.5) is 0 Å². The molecule has 0 aromatic heterocycles. The first kappa shape index (κ1) is 32.5. The number of hydrogen-bond acceptors (Lipinski definition) is 6. The monoisotopic (exact) mass is 551 g/mol. The molecule has 2 aliphatic rings.